The molecule has 0 fully saturated rings. The zero-order valence-corrected chi connectivity index (χ0v) is 10.7. The van der Waals surface area contributed by atoms with Crippen molar-refractivity contribution in [1.29, 1.82) is 0 Å². The summed E-state index contributed by atoms with van der Waals surface area (Å²) in [6.07, 6.45) is 13.9. The number of hydrogen-bond acceptors (Lipinski definition) is 2. The van der Waals surface area contributed by atoms with Gasteiger partial charge in [0.1, 0.15) is 0 Å². The molecule has 1 heterocycles. The normalized spacial score (nSPS) is 18.3. The molecule has 1 unspecified atom stereocenters. The maximum absolute atomic E-state index is 4.19. The maximum Gasteiger partial charge on any atom is 0.0317 e. The van der Waals surface area contributed by atoms with Crippen LogP contribution >= 0.6 is 0 Å². The molecular weight excluding hydrogens is 208 g/mol. The van der Waals surface area contributed by atoms with Gasteiger partial charge in [0, 0.05) is 18.4 Å². The molecule has 1 N–H and O–H groups in total. The van der Waals surface area contributed by atoms with Gasteiger partial charge in [-0.2, -0.15) is 0 Å². The standard InChI is InChI=1S/C15H22N2/c1-16-15(11-13-7-6-10-17-12-13)14-8-4-2-3-5-9-14/h6-8,10,12,15-16H,2-5,9,11H2,1H3. The summed E-state index contributed by atoms with van der Waals surface area (Å²) in [5.41, 5.74) is 2.91. The van der Waals surface area contributed by atoms with Crippen molar-refractivity contribution in [3.05, 3.63) is 41.7 Å². The molecule has 0 spiro atoms. The Kier molecular flexibility index (Phi) is 4.75. The minimum Gasteiger partial charge on any atom is -0.313 e. The molecule has 0 saturated heterocycles. The Balaban J connectivity index is 2.03. The van der Waals surface area contributed by atoms with Crippen LogP contribution in [0.3, 0.4) is 0 Å². The first-order valence-electron chi connectivity index (χ1n) is 6.65. The summed E-state index contributed by atoms with van der Waals surface area (Å²) in [6.45, 7) is 0. The summed E-state index contributed by atoms with van der Waals surface area (Å²) in [4.78, 5) is 4.19. The minimum absolute atomic E-state index is 0.484. The van der Waals surface area contributed by atoms with Gasteiger partial charge in [-0.25, -0.2) is 0 Å². The fourth-order valence-electron chi connectivity index (χ4n) is 2.53. The molecule has 0 aromatic carbocycles. The third-order valence-corrected chi connectivity index (χ3v) is 3.53. The van der Waals surface area contributed by atoms with Crippen molar-refractivity contribution in [3.8, 4) is 0 Å². The van der Waals surface area contributed by atoms with Crippen LogP contribution in [-0.2, 0) is 6.42 Å². The predicted molar refractivity (Wildman–Crippen MR) is 72.0 cm³/mol. The summed E-state index contributed by atoms with van der Waals surface area (Å²) < 4.78 is 0. The fraction of sp³-hybridized carbons (Fsp3) is 0.533. The fourth-order valence-corrected chi connectivity index (χ4v) is 2.53. The van der Waals surface area contributed by atoms with Crippen LogP contribution in [0, 0.1) is 0 Å². The van der Waals surface area contributed by atoms with Gasteiger partial charge in [-0.3, -0.25) is 4.98 Å². The minimum atomic E-state index is 0.484. The van der Waals surface area contributed by atoms with E-state index in [1.165, 1.54) is 37.7 Å². The second-order valence-electron chi connectivity index (χ2n) is 4.79. The molecule has 1 aromatic rings. The van der Waals surface area contributed by atoms with Gasteiger partial charge in [-0.05, 0) is 50.8 Å². The van der Waals surface area contributed by atoms with E-state index in [1.54, 1.807) is 5.57 Å². The first-order valence-corrected chi connectivity index (χ1v) is 6.65. The summed E-state index contributed by atoms with van der Waals surface area (Å²) in [5.74, 6) is 0. The van der Waals surface area contributed by atoms with Gasteiger partial charge in [0.05, 0.1) is 0 Å². The van der Waals surface area contributed by atoms with Crippen molar-refractivity contribution < 1.29 is 0 Å². The third kappa shape index (κ3) is 3.67. The van der Waals surface area contributed by atoms with Crippen LogP contribution in [0.5, 0.6) is 0 Å². The Morgan fingerprint density at radius 2 is 2.29 bits per heavy atom. The number of hydrogen-bond donors (Lipinski definition) is 1. The van der Waals surface area contributed by atoms with Crippen LogP contribution < -0.4 is 5.32 Å². The Hall–Kier alpha value is -1.15. The zero-order valence-electron chi connectivity index (χ0n) is 10.7. The highest BCUT2D eigenvalue weighted by molar-refractivity contribution is 5.19. The molecular formula is C15H22N2. The molecule has 0 amide bonds. The van der Waals surface area contributed by atoms with E-state index < -0.39 is 0 Å². The number of allylic oxidation sites excluding steroid dienone is 1. The molecule has 2 nitrogen and oxygen atoms in total. The Morgan fingerprint density at radius 1 is 1.35 bits per heavy atom. The largest absolute Gasteiger partial charge is 0.313 e. The van der Waals surface area contributed by atoms with E-state index in [2.05, 4.69) is 29.5 Å². The van der Waals surface area contributed by atoms with E-state index in [9.17, 15) is 0 Å². The number of nitrogens with one attached hydrogen (secondary N) is 1. The van der Waals surface area contributed by atoms with E-state index in [0.29, 0.717) is 6.04 Å². The van der Waals surface area contributed by atoms with Crippen LogP contribution in [0.1, 0.15) is 37.7 Å². The van der Waals surface area contributed by atoms with Crippen LogP contribution in [0.15, 0.2) is 36.2 Å². The molecule has 0 saturated carbocycles. The maximum atomic E-state index is 4.19. The lowest BCUT2D eigenvalue weighted by Crippen LogP contribution is -2.29. The zero-order chi connectivity index (χ0) is 11.9. The summed E-state index contributed by atoms with van der Waals surface area (Å²) in [7, 11) is 2.06. The molecule has 92 valence electrons. The van der Waals surface area contributed by atoms with E-state index in [-0.39, 0.29) is 0 Å². The number of likely N-dealkylation sites (N-methyl/N-ethyl adjacent to an activating group) is 1. The predicted octanol–water partition coefficient (Wildman–Crippen LogP) is 3.10. The third-order valence-electron chi connectivity index (χ3n) is 3.53. The van der Waals surface area contributed by atoms with Gasteiger partial charge >= 0.3 is 0 Å². The van der Waals surface area contributed by atoms with Gasteiger partial charge in [0.25, 0.3) is 0 Å². The molecule has 2 rings (SSSR count). The molecule has 0 aliphatic heterocycles. The van der Waals surface area contributed by atoms with Gasteiger partial charge in [0.2, 0.25) is 0 Å². The van der Waals surface area contributed by atoms with E-state index >= 15 is 0 Å². The lowest BCUT2D eigenvalue weighted by molar-refractivity contribution is 0.596. The summed E-state index contributed by atoms with van der Waals surface area (Å²) in [6, 6.07) is 4.66. The number of aromatic nitrogens is 1. The van der Waals surface area contributed by atoms with E-state index in [4.69, 9.17) is 0 Å². The summed E-state index contributed by atoms with van der Waals surface area (Å²) >= 11 is 0. The molecule has 1 aliphatic carbocycles. The first kappa shape index (κ1) is 12.3. The number of pyridine rings is 1. The van der Waals surface area contributed by atoms with Crippen molar-refractivity contribution in [2.45, 2.75) is 44.6 Å². The Labute approximate surface area is 104 Å². The molecule has 1 atom stereocenters. The van der Waals surface area contributed by atoms with Crippen molar-refractivity contribution in [1.82, 2.24) is 10.3 Å². The lowest BCUT2D eigenvalue weighted by Gasteiger charge is -2.19. The quantitative estimate of drug-likeness (QED) is 0.804. The van der Waals surface area contributed by atoms with E-state index in [1.807, 2.05) is 18.5 Å². The van der Waals surface area contributed by atoms with E-state index in [0.717, 1.165) is 6.42 Å². The SMILES string of the molecule is CNC(Cc1cccnc1)C1=CCCCCC1. The first-order chi connectivity index (χ1) is 8.40. The van der Waals surface area contributed by atoms with Crippen LogP contribution in [-0.4, -0.2) is 18.1 Å². The highest BCUT2D eigenvalue weighted by Crippen LogP contribution is 2.21. The smallest absolute Gasteiger partial charge is 0.0317 e. The lowest BCUT2D eigenvalue weighted by atomic mass is 9.96. The molecule has 17 heavy (non-hydrogen) atoms. The molecule has 1 aromatic heterocycles. The average Bonchev–Trinajstić information content (AvgIpc) is 2.66. The molecule has 2 heteroatoms. The van der Waals surface area contributed by atoms with Crippen LogP contribution in [0.2, 0.25) is 0 Å². The van der Waals surface area contributed by atoms with Crippen LogP contribution in [0.4, 0.5) is 0 Å². The highest BCUT2D eigenvalue weighted by Gasteiger charge is 2.14. The molecule has 1 aliphatic rings. The Morgan fingerprint density at radius 3 is 3.06 bits per heavy atom. The van der Waals surface area contributed by atoms with Gasteiger partial charge in [-0.15, -0.1) is 0 Å². The monoisotopic (exact) mass is 230 g/mol. The topological polar surface area (TPSA) is 24.9 Å². The van der Waals surface area contributed by atoms with Crippen molar-refractivity contribution >= 4 is 0 Å². The number of nitrogens with zero attached hydrogens (tertiary/aromatic N) is 1. The van der Waals surface area contributed by atoms with Crippen molar-refractivity contribution in [2.75, 3.05) is 7.05 Å². The van der Waals surface area contributed by atoms with Crippen LogP contribution in [0.25, 0.3) is 0 Å². The molecule has 0 bridgehead atoms. The average molecular weight is 230 g/mol. The number of rotatable bonds is 4. The van der Waals surface area contributed by atoms with Gasteiger partial charge < -0.3 is 5.32 Å². The second kappa shape index (κ2) is 6.55. The molecule has 0 radical (unpaired) electrons. The van der Waals surface area contributed by atoms with Gasteiger partial charge in [0.15, 0.2) is 0 Å². The van der Waals surface area contributed by atoms with Crippen molar-refractivity contribution in [2.24, 2.45) is 0 Å². The second-order valence-corrected chi connectivity index (χ2v) is 4.79. The highest BCUT2D eigenvalue weighted by atomic mass is 14.9. The summed E-state index contributed by atoms with van der Waals surface area (Å²) in [5, 5.41) is 3.45. The van der Waals surface area contributed by atoms with Gasteiger partial charge in [-0.1, -0.05) is 24.1 Å². The Bertz CT molecular complexity index is 356. The van der Waals surface area contributed by atoms with Crippen molar-refractivity contribution in [3.63, 3.8) is 0 Å².